The number of nitrogens with two attached hydrogens (primary N) is 2. The average Bonchev–Trinajstić information content (AvgIpc) is 2.93. The Morgan fingerprint density at radius 3 is 1.58 bits per heavy atom. The van der Waals surface area contributed by atoms with Crippen LogP contribution in [0.25, 0.3) is 0 Å². The predicted octanol–water partition coefficient (Wildman–Crippen LogP) is 11.4. The van der Waals surface area contributed by atoms with E-state index in [1.54, 1.807) is 5.57 Å². The smallest absolute Gasteiger partial charge is 0.00773 e. The highest BCUT2D eigenvalue weighted by molar-refractivity contribution is 5.10. The van der Waals surface area contributed by atoms with E-state index in [1.165, 1.54) is 154 Å². The lowest BCUT2D eigenvalue weighted by Gasteiger charge is -2.21. The van der Waals surface area contributed by atoms with Gasteiger partial charge in [-0.1, -0.05) is 133 Å². The fourth-order valence-corrected chi connectivity index (χ4v) is 5.40. The zero-order valence-corrected chi connectivity index (χ0v) is 26.2. The van der Waals surface area contributed by atoms with Crippen LogP contribution in [0.15, 0.2) is 36.0 Å². The van der Waals surface area contributed by atoms with Crippen molar-refractivity contribution in [1.29, 1.82) is 0 Å². The van der Waals surface area contributed by atoms with Crippen molar-refractivity contribution in [3.63, 3.8) is 0 Å². The Morgan fingerprint density at radius 1 is 0.500 bits per heavy atom. The fourth-order valence-electron chi connectivity index (χ4n) is 5.40. The second-order valence-electron chi connectivity index (χ2n) is 11.6. The maximum atomic E-state index is 5.67. The van der Waals surface area contributed by atoms with Crippen LogP contribution in [0.2, 0.25) is 0 Å². The van der Waals surface area contributed by atoms with Crippen molar-refractivity contribution in [1.82, 2.24) is 0 Å². The molecule has 0 aromatic carbocycles. The van der Waals surface area contributed by atoms with Gasteiger partial charge in [-0.25, -0.2) is 0 Å². The normalized spacial score (nSPS) is 13.3. The van der Waals surface area contributed by atoms with Gasteiger partial charge in [0.25, 0.3) is 0 Å². The third kappa shape index (κ3) is 26.7. The summed E-state index contributed by atoms with van der Waals surface area (Å²) in [5, 5.41) is 0. The number of unbranched alkanes of at least 4 members (excludes halogenated alkanes) is 16. The maximum absolute atomic E-state index is 5.67. The quantitative estimate of drug-likeness (QED) is 0.0716. The third-order valence-electron chi connectivity index (χ3n) is 7.93. The maximum Gasteiger partial charge on any atom is -0.00773 e. The zero-order chi connectivity index (χ0) is 27.8. The van der Waals surface area contributed by atoms with Crippen LogP contribution in [0.4, 0.5) is 0 Å². The second-order valence-corrected chi connectivity index (χ2v) is 11.6. The number of allylic oxidation sites excluding steroid dienone is 6. The van der Waals surface area contributed by atoms with Crippen LogP contribution in [-0.4, -0.2) is 13.1 Å². The van der Waals surface area contributed by atoms with Crippen molar-refractivity contribution in [3.05, 3.63) is 36.0 Å². The van der Waals surface area contributed by atoms with Gasteiger partial charge in [-0.3, -0.25) is 0 Å². The van der Waals surface area contributed by atoms with E-state index in [-0.39, 0.29) is 0 Å². The first-order valence-electron chi connectivity index (χ1n) is 17.2. The average molecular weight is 531 g/mol. The highest BCUT2D eigenvalue weighted by Crippen LogP contribution is 2.29. The molecule has 0 aliphatic heterocycles. The van der Waals surface area contributed by atoms with Crippen LogP contribution >= 0.6 is 0 Å². The Bertz CT molecular complexity index is 533. The van der Waals surface area contributed by atoms with Gasteiger partial charge in [-0.15, -0.1) is 0 Å². The highest BCUT2D eigenvalue weighted by atomic mass is 14.5. The van der Waals surface area contributed by atoms with Crippen molar-refractivity contribution in [2.24, 2.45) is 17.4 Å². The predicted molar refractivity (Wildman–Crippen MR) is 175 cm³/mol. The fraction of sp³-hybridized carbons (Fsp3) is 0.833. The molecule has 0 fully saturated rings. The van der Waals surface area contributed by atoms with Crippen LogP contribution < -0.4 is 11.5 Å². The summed E-state index contributed by atoms with van der Waals surface area (Å²) in [5.41, 5.74) is 13.1. The van der Waals surface area contributed by atoms with Gasteiger partial charge in [0.05, 0.1) is 0 Å². The summed E-state index contributed by atoms with van der Waals surface area (Å²) in [4.78, 5) is 0. The molecule has 0 saturated heterocycles. The SMILES string of the molecule is CCCCCC=CCC=C(CCCCCCCCN)C(CCC=CCCCCC)CCCCCCCCN. The first kappa shape index (κ1) is 37.1. The van der Waals surface area contributed by atoms with Gasteiger partial charge in [0.2, 0.25) is 0 Å². The van der Waals surface area contributed by atoms with E-state index in [4.69, 9.17) is 11.5 Å². The molecule has 0 bridgehead atoms. The summed E-state index contributed by atoms with van der Waals surface area (Å²) < 4.78 is 0. The molecule has 0 aromatic heterocycles. The molecule has 0 aliphatic rings. The van der Waals surface area contributed by atoms with Gasteiger partial charge < -0.3 is 11.5 Å². The summed E-state index contributed by atoms with van der Waals surface area (Å²) in [6.07, 6.45) is 45.3. The molecule has 1 atom stereocenters. The first-order valence-corrected chi connectivity index (χ1v) is 17.2. The molecule has 1 unspecified atom stereocenters. The van der Waals surface area contributed by atoms with Crippen LogP contribution in [0.1, 0.15) is 174 Å². The molecule has 4 N–H and O–H groups in total. The molecular formula is C36H70N2. The molecular weight excluding hydrogens is 460 g/mol. The van der Waals surface area contributed by atoms with Crippen molar-refractivity contribution < 1.29 is 0 Å². The van der Waals surface area contributed by atoms with Crippen LogP contribution in [0, 0.1) is 5.92 Å². The largest absolute Gasteiger partial charge is 0.330 e. The molecule has 224 valence electrons. The number of hydrogen-bond acceptors (Lipinski definition) is 2. The van der Waals surface area contributed by atoms with E-state index in [0.29, 0.717) is 0 Å². The lowest BCUT2D eigenvalue weighted by molar-refractivity contribution is 0.459. The van der Waals surface area contributed by atoms with Crippen molar-refractivity contribution in [2.45, 2.75) is 174 Å². The summed E-state index contributed by atoms with van der Waals surface area (Å²) in [6, 6.07) is 0. The molecule has 0 amide bonds. The molecule has 0 heterocycles. The van der Waals surface area contributed by atoms with Crippen LogP contribution in [0.3, 0.4) is 0 Å². The molecule has 2 nitrogen and oxygen atoms in total. The molecule has 0 aromatic rings. The van der Waals surface area contributed by atoms with Gasteiger partial charge in [0.15, 0.2) is 0 Å². The van der Waals surface area contributed by atoms with E-state index >= 15 is 0 Å². The summed E-state index contributed by atoms with van der Waals surface area (Å²) in [5.74, 6) is 0.769. The summed E-state index contributed by atoms with van der Waals surface area (Å²) in [6.45, 7) is 6.28. The molecule has 0 spiro atoms. The van der Waals surface area contributed by atoms with Gasteiger partial charge in [-0.05, 0) is 96.1 Å². The van der Waals surface area contributed by atoms with Gasteiger partial charge in [0.1, 0.15) is 0 Å². The molecule has 0 saturated carbocycles. The van der Waals surface area contributed by atoms with Gasteiger partial charge in [0, 0.05) is 0 Å². The first-order chi connectivity index (χ1) is 18.8. The van der Waals surface area contributed by atoms with E-state index < -0.39 is 0 Å². The Morgan fingerprint density at radius 2 is 1.00 bits per heavy atom. The number of hydrogen-bond donors (Lipinski definition) is 2. The third-order valence-corrected chi connectivity index (χ3v) is 7.93. The summed E-state index contributed by atoms with van der Waals surface area (Å²) >= 11 is 0. The van der Waals surface area contributed by atoms with Gasteiger partial charge in [-0.2, -0.15) is 0 Å². The Kier molecular flexibility index (Phi) is 31.6. The zero-order valence-electron chi connectivity index (χ0n) is 26.2. The van der Waals surface area contributed by atoms with E-state index in [2.05, 4.69) is 44.2 Å². The molecule has 0 rings (SSSR count). The monoisotopic (exact) mass is 531 g/mol. The Balaban J connectivity index is 4.99. The summed E-state index contributed by atoms with van der Waals surface area (Å²) in [7, 11) is 0. The molecule has 2 heteroatoms. The molecule has 0 aliphatic carbocycles. The van der Waals surface area contributed by atoms with Crippen molar-refractivity contribution in [3.8, 4) is 0 Å². The van der Waals surface area contributed by atoms with E-state index in [9.17, 15) is 0 Å². The topological polar surface area (TPSA) is 52.0 Å². The van der Waals surface area contributed by atoms with E-state index in [1.807, 2.05) is 0 Å². The van der Waals surface area contributed by atoms with E-state index in [0.717, 1.165) is 25.4 Å². The lowest BCUT2D eigenvalue weighted by Crippen LogP contribution is -2.06. The molecule has 0 radical (unpaired) electrons. The Hall–Kier alpha value is -0.860. The van der Waals surface area contributed by atoms with Crippen molar-refractivity contribution >= 4 is 0 Å². The van der Waals surface area contributed by atoms with Gasteiger partial charge >= 0.3 is 0 Å². The second kappa shape index (κ2) is 32.4. The van der Waals surface area contributed by atoms with Crippen LogP contribution in [0.5, 0.6) is 0 Å². The minimum absolute atomic E-state index is 0.769. The minimum atomic E-state index is 0.769. The highest BCUT2D eigenvalue weighted by Gasteiger charge is 2.13. The number of rotatable bonds is 30. The minimum Gasteiger partial charge on any atom is -0.330 e. The lowest BCUT2D eigenvalue weighted by atomic mass is 9.85. The Labute approximate surface area is 240 Å². The standard InChI is InChI=1S/C36H70N2/c1-3-5-7-9-11-17-23-29-35(31-25-19-13-15-21-27-33-37)36(30-24-18-12-10-8-6-4-2)32-26-20-14-16-22-28-34-38/h11-12,17-18,29,36H,3-10,13-16,19-28,30-34,37-38H2,1-2H3. The van der Waals surface area contributed by atoms with Crippen LogP contribution in [-0.2, 0) is 0 Å². The molecule has 38 heavy (non-hydrogen) atoms. The van der Waals surface area contributed by atoms with Crippen molar-refractivity contribution in [2.75, 3.05) is 13.1 Å².